The Labute approximate surface area is 108 Å². The van der Waals surface area contributed by atoms with E-state index in [-0.39, 0.29) is 12.4 Å². The van der Waals surface area contributed by atoms with Gasteiger partial charge in [-0.3, -0.25) is 5.73 Å². The zero-order valence-corrected chi connectivity index (χ0v) is 10.7. The molecule has 0 bridgehead atoms. The summed E-state index contributed by atoms with van der Waals surface area (Å²) in [5.74, 6) is 0.346. The Balaban J connectivity index is 0.00000108. The van der Waals surface area contributed by atoms with Crippen LogP contribution in [0.15, 0.2) is 24.3 Å². The maximum Gasteiger partial charge on any atom is 0.330 e. The third kappa shape index (κ3) is 1.61. The molecule has 0 spiro atoms. The number of H-pyrrole nitrogens is 1. The van der Waals surface area contributed by atoms with E-state index >= 15 is 0 Å². The molecule has 0 atom stereocenters. The Kier molecular flexibility index (Phi) is 2.85. The first kappa shape index (κ1) is 12.0. The van der Waals surface area contributed by atoms with Crippen molar-refractivity contribution in [1.82, 2.24) is 0 Å². The Bertz CT molecular complexity index is 708. The lowest BCUT2D eigenvalue weighted by Gasteiger charge is -2.04. The number of benzene rings is 2. The smallest absolute Gasteiger partial charge is 0.330 e. The number of rotatable bonds is 0. The summed E-state index contributed by atoms with van der Waals surface area (Å²) in [7, 11) is 0. The fraction of sp³-hybridized carbons (Fsp3) is 0.0833. The van der Waals surface area contributed by atoms with E-state index in [0.717, 1.165) is 26.6 Å². The van der Waals surface area contributed by atoms with Crippen molar-refractivity contribution >= 4 is 37.5 Å². The summed E-state index contributed by atoms with van der Waals surface area (Å²) < 4.78 is 1.02. The molecule has 2 aromatic carbocycles. The van der Waals surface area contributed by atoms with Crippen LogP contribution < -0.4 is 23.1 Å². The SMILES string of the molecule is Cc1c(O)c2ccccc2c2[nH+]c(N)sc12.[Cl-]. The van der Waals surface area contributed by atoms with E-state index in [1.807, 2.05) is 31.2 Å². The zero-order valence-electron chi connectivity index (χ0n) is 9.12. The van der Waals surface area contributed by atoms with E-state index in [1.54, 1.807) is 0 Å². The van der Waals surface area contributed by atoms with Crippen LogP contribution in [0, 0.1) is 6.92 Å². The molecular weight excluding hydrogens is 256 g/mol. The summed E-state index contributed by atoms with van der Waals surface area (Å²) in [5, 5.41) is 12.6. The van der Waals surface area contributed by atoms with E-state index < -0.39 is 0 Å². The molecule has 17 heavy (non-hydrogen) atoms. The molecule has 1 heterocycles. The Hall–Kier alpha value is -1.52. The number of aryl methyl sites for hydroxylation is 1. The maximum absolute atomic E-state index is 10.1. The molecule has 88 valence electrons. The van der Waals surface area contributed by atoms with Crippen molar-refractivity contribution in [1.29, 1.82) is 0 Å². The molecule has 0 fully saturated rings. The first-order valence-corrected chi connectivity index (χ1v) is 5.81. The van der Waals surface area contributed by atoms with Gasteiger partial charge in [-0.15, -0.1) is 0 Å². The monoisotopic (exact) mass is 266 g/mol. The van der Waals surface area contributed by atoms with Crippen molar-refractivity contribution in [3.8, 4) is 5.75 Å². The van der Waals surface area contributed by atoms with Gasteiger partial charge in [0.2, 0.25) is 0 Å². The molecule has 0 unspecified atom stereocenters. The number of aromatic hydroxyl groups is 1. The number of phenolic OH excluding ortho intramolecular Hbond substituents is 1. The second kappa shape index (κ2) is 4.05. The Morgan fingerprint density at radius 1 is 1.24 bits per heavy atom. The van der Waals surface area contributed by atoms with Crippen LogP contribution in [0.3, 0.4) is 0 Å². The summed E-state index contributed by atoms with van der Waals surface area (Å²) in [4.78, 5) is 3.15. The average Bonchev–Trinajstić information content (AvgIpc) is 2.68. The molecule has 3 nitrogen and oxygen atoms in total. The lowest BCUT2D eigenvalue weighted by molar-refractivity contribution is -0.319. The van der Waals surface area contributed by atoms with Gasteiger partial charge in [0.05, 0.1) is 4.70 Å². The molecule has 0 amide bonds. The van der Waals surface area contributed by atoms with Gasteiger partial charge in [0.15, 0.2) is 5.52 Å². The van der Waals surface area contributed by atoms with E-state index in [0.29, 0.717) is 10.9 Å². The number of aromatic amines is 1. The Morgan fingerprint density at radius 2 is 1.88 bits per heavy atom. The van der Waals surface area contributed by atoms with Gasteiger partial charge >= 0.3 is 5.13 Å². The summed E-state index contributed by atoms with van der Waals surface area (Å²) in [5.41, 5.74) is 7.67. The van der Waals surface area contributed by atoms with Gasteiger partial charge in [-0.05, 0) is 24.3 Å². The summed E-state index contributed by atoms with van der Waals surface area (Å²) >= 11 is 1.47. The molecule has 0 saturated carbocycles. The summed E-state index contributed by atoms with van der Waals surface area (Å²) in [6.07, 6.45) is 0. The molecule has 0 aliphatic carbocycles. The van der Waals surface area contributed by atoms with Crippen molar-refractivity contribution < 1.29 is 22.5 Å². The number of anilines is 1. The van der Waals surface area contributed by atoms with Crippen LogP contribution in [0.2, 0.25) is 0 Å². The fourth-order valence-electron chi connectivity index (χ4n) is 2.04. The number of nitrogens with one attached hydrogen (secondary N) is 1. The molecule has 0 saturated heterocycles. The van der Waals surface area contributed by atoms with E-state index in [1.165, 1.54) is 11.3 Å². The number of thiazole rings is 1. The molecule has 4 N–H and O–H groups in total. The quantitative estimate of drug-likeness (QED) is 0.575. The highest BCUT2D eigenvalue weighted by Gasteiger charge is 2.16. The molecule has 3 rings (SSSR count). The van der Waals surface area contributed by atoms with Gasteiger partial charge in [-0.25, -0.2) is 4.98 Å². The fourth-order valence-corrected chi connectivity index (χ4v) is 2.92. The van der Waals surface area contributed by atoms with Gasteiger partial charge in [-0.2, -0.15) is 0 Å². The minimum absolute atomic E-state index is 0. The van der Waals surface area contributed by atoms with Crippen LogP contribution in [0.4, 0.5) is 5.13 Å². The van der Waals surface area contributed by atoms with Crippen molar-refractivity contribution in [3.05, 3.63) is 29.8 Å². The number of nitrogen functional groups attached to an aromatic ring is 1. The van der Waals surface area contributed by atoms with Crippen LogP contribution in [0.5, 0.6) is 5.75 Å². The predicted molar refractivity (Wildman–Crippen MR) is 66.7 cm³/mol. The predicted octanol–water partition coefficient (Wildman–Crippen LogP) is -0.531. The van der Waals surface area contributed by atoms with E-state index in [2.05, 4.69) is 4.98 Å². The summed E-state index contributed by atoms with van der Waals surface area (Å²) in [6.45, 7) is 1.91. The first-order valence-electron chi connectivity index (χ1n) is 5.00. The maximum atomic E-state index is 10.1. The number of halogens is 1. The van der Waals surface area contributed by atoms with Crippen molar-refractivity contribution in [3.63, 3.8) is 0 Å². The molecule has 3 aromatic rings. The van der Waals surface area contributed by atoms with Crippen molar-refractivity contribution in [2.45, 2.75) is 6.92 Å². The van der Waals surface area contributed by atoms with Crippen LogP contribution in [0.1, 0.15) is 5.56 Å². The van der Waals surface area contributed by atoms with Gasteiger partial charge in [0.1, 0.15) is 5.75 Å². The molecule has 0 aliphatic heterocycles. The van der Waals surface area contributed by atoms with Crippen LogP contribution in [-0.4, -0.2) is 5.11 Å². The topological polar surface area (TPSA) is 60.4 Å². The molecule has 0 aliphatic rings. The van der Waals surface area contributed by atoms with E-state index in [9.17, 15) is 5.11 Å². The van der Waals surface area contributed by atoms with Gasteiger partial charge in [-0.1, -0.05) is 18.2 Å². The van der Waals surface area contributed by atoms with Gasteiger partial charge in [0.25, 0.3) is 0 Å². The highest BCUT2D eigenvalue weighted by Crippen LogP contribution is 2.37. The van der Waals surface area contributed by atoms with E-state index in [4.69, 9.17) is 5.73 Å². The van der Waals surface area contributed by atoms with Crippen molar-refractivity contribution in [2.24, 2.45) is 0 Å². The molecule has 0 radical (unpaired) electrons. The standard InChI is InChI=1S/C12H10N2OS.ClH/c1-6-10(15)8-5-3-2-4-7(8)9-11(6)16-12(13)14-9;/h2-5,15H,1H3,(H2,13,14);1H. The highest BCUT2D eigenvalue weighted by molar-refractivity contribution is 7.21. The number of hydrogen-bond donors (Lipinski definition) is 2. The first-order chi connectivity index (χ1) is 7.68. The highest BCUT2D eigenvalue weighted by atomic mass is 35.5. The third-order valence-corrected chi connectivity index (χ3v) is 3.87. The number of aromatic nitrogens is 1. The van der Waals surface area contributed by atoms with Crippen LogP contribution >= 0.6 is 11.3 Å². The lowest BCUT2D eigenvalue weighted by atomic mass is 10.0. The largest absolute Gasteiger partial charge is 1.00 e. The van der Waals surface area contributed by atoms with Crippen molar-refractivity contribution in [2.75, 3.05) is 5.73 Å². The zero-order chi connectivity index (χ0) is 11.3. The number of fused-ring (bicyclic) bond motifs is 3. The van der Waals surface area contributed by atoms with Crippen LogP contribution in [-0.2, 0) is 0 Å². The number of nitrogens with two attached hydrogens (primary N) is 1. The van der Waals surface area contributed by atoms with Gasteiger partial charge in [0, 0.05) is 16.3 Å². The minimum atomic E-state index is 0. The second-order valence-corrected chi connectivity index (χ2v) is 4.87. The van der Waals surface area contributed by atoms with Crippen LogP contribution in [0.25, 0.3) is 21.0 Å². The third-order valence-electron chi connectivity index (χ3n) is 2.83. The molecular formula is C12H11ClN2OS. The van der Waals surface area contributed by atoms with Gasteiger partial charge < -0.3 is 17.5 Å². The second-order valence-electron chi connectivity index (χ2n) is 3.81. The number of hydrogen-bond acceptors (Lipinski definition) is 3. The summed E-state index contributed by atoms with van der Waals surface area (Å²) in [6, 6.07) is 7.78. The Morgan fingerprint density at radius 3 is 2.59 bits per heavy atom. The minimum Gasteiger partial charge on any atom is -1.00 e. The lowest BCUT2D eigenvalue weighted by Crippen LogP contribution is -3.00. The number of phenols is 1. The normalized spacial score (nSPS) is 10.6. The average molecular weight is 267 g/mol. The molecule has 1 aromatic heterocycles. The molecule has 5 heteroatoms.